The smallest absolute Gasteiger partial charge is 0.291 e. The molecule has 134 valence electrons. The number of methoxy groups -OCH3 is 1. The number of anilines is 1. The fraction of sp³-hybridized carbons (Fsp3) is 0.150. The molecule has 0 atom stereocenters. The number of ether oxygens (including phenoxy) is 2. The molecule has 0 radical (unpaired) electrons. The second kappa shape index (κ2) is 8.27. The second-order valence-electron chi connectivity index (χ2n) is 5.67. The number of aryl methyl sites for hydroxylation is 1. The number of carbonyl (C=O) groups is 1. The first kappa shape index (κ1) is 18.3. The van der Waals surface area contributed by atoms with Gasteiger partial charge in [0, 0.05) is 3.57 Å². The molecule has 2 aromatic carbocycles. The summed E-state index contributed by atoms with van der Waals surface area (Å²) < 4.78 is 17.7. The molecule has 3 aromatic rings. The molecule has 0 aliphatic carbocycles. The topological polar surface area (TPSA) is 60.7 Å². The minimum absolute atomic E-state index is 0.217. The zero-order valence-corrected chi connectivity index (χ0v) is 16.6. The highest BCUT2D eigenvalue weighted by molar-refractivity contribution is 14.1. The quantitative estimate of drug-likeness (QED) is 0.521. The Balaban J connectivity index is 1.64. The monoisotopic (exact) mass is 463 g/mol. The van der Waals surface area contributed by atoms with Crippen molar-refractivity contribution in [3.05, 3.63) is 75.3 Å². The number of halogens is 1. The molecule has 0 spiro atoms. The third-order valence-electron chi connectivity index (χ3n) is 3.68. The standard InChI is InChI=1S/C20H18INO4/c1-13-3-9-18(24-2)17(11-13)22-20(23)19-10-8-16(26-19)12-25-15-6-4-14(21)5-7-15/h3-11H,12H2,1-2H3,(H,22,23). The van der Waals surface area contributed by atoms with Gasteiger partial charge in [-0.2, -0.15) is 0 Å². The van der Waals surface area contributed by atoms with Crippen LogP contribution in [0.5, 0.6) is 11.5 Å². The van der Waals surface area contributed by atoms with Gasteiger partial charge in [0.25, 0.3) is 5.91 Å². The Bertz CT molecular complexity index is 902. The van der Waals surface area contributed by atoms with E-state index in [2.05, 4.69) is 27.9 Å². The van der Waals surface area contributed by atoms with E-state index in [9.17, 15) is 4.79 Å². The summed E-state index contributed by atoms with van der Waals surface area (Å²) in [7, 11) is 1.56. The maximum atomic E-state index is 12.4. The van der Waals surface area contributed by atoms with E-state index in [0.717, 1.165) is 14.9 Å². The molecule has 0 saturated heterocycles. The number of amides is 1. The van der Waals surface area contributed by atoms with Gasteiger partial charge in [-0.05, 0) is 83.6 Å². The van der Waals surface area contributed by atoms with Gasteiger partial charge in [0.1, 0.15) is 23.9 Å². The lowest BCUT2D eigenvalue weighted by molar-refractivity contribution is 0.0992. The normalized spacial score (nSPS) is 10.4. The summed E-state index contributed by atoms with van der Waals surface area (Å²) in [6.07, 6.45) is 0. The van der Waals surface area contributed by atoms with Crippen LogP contribution in [0.1, 0.15) is 21.9 Å². The summed E-state index contributed by atoms with van der Waals surface area (Å²) in [5, 5.41) is 2.81. The van der Waals surface area contributed by atoms with Crippen molar-refractivity contribution in [3.8, 4) is 11.5 Å². The van der Waals surface area contributed by atoms with Gasteiger partial charge < -0.3 is 19.2 Å². The van der Waals surface area contributed by atoms with E-state index in [4.69, 9.17) is 13.9 Å². The first-order valence-corrected chi connectivity index (χ1v) is 9.06. The summed E-state index contributed by atoms with van der Waals surface area (Å²) in [5.41, 5.74) is 1.62. The van der Waals surface area contributed by atoms with Crippen molar-refractivity contribution in [2.75, 3.05) is 12.4 Å². The van der Waals surface area contributed by atoms with Gasteiger partial charge >= 0.3 is 0 Å². The zero-order chi connectivity index (χ0) is 18.5. The van der Waals surface area contributed by atoms with Crippen LogP contribution in [-0.2, 0) is 6.61 Å². The SMILES string of the molecule is COc1ccc(C)cc1NC(=O)c1ccc(COc2ccc(I)cc2)o1. The Labute approximate surface area is 165 Å². The Kier molecular flexibility index (Phi) is 5.82. The van der Waals surface area contributed by atoms with Crippen LogP contribution in [0.15, 0.2) is 59.0 Å². The molecule has 0 saturated carbocycles. The van der Waals surface area contributed by atoms with E-state index in [1.165, 1.54) is 0 Å². The molecule has 0 unspecified atom stereocenters. The first-order chi connectivity index (χ1) is 12.5. The van der Waals surface area contributed by atoms with E-state index in [0.29, 0.717) is 17.2 Å². The maximum Gasteiger partial charge on any atom is 0.291 e. The van der Waals surface area contributed by atoms with Crippen molar-refractivity contribution in [2.24, 2.45) is 0 Å². The zero-order valence-electron chi connectivity index (χ0n) is 14.4. The largest absolute Gasteiger partial charge is 0.495 e. The molecule has 5 nitrogen and oxygen atoms in total. The molecule has 1 amide bonds. The molecular formula is C20H18INO4. The second-order valence-corrected chi connectivity index (χ2v) is 6.91. The summed E-state index contributed by atoms with van der Waals surface area (Å²) >= 11 is 2.24. The van der Waals surface area contributed by atoms with Gasteiger partial charge in [0.05, 0.1) is 12.8 Å². The molecule has 3 rings (SSSR count). The summed E-state index contributed by atoms with van der Waals surface area (Å²) in [5.74, 6) is 1.80. The lowest BCUT2D eigenvalue weighted by Gasteiger charge is -2.10. The predicted octanol–water partition coefficient (Wildman–Crippen LogP) is 5.03. The van der Waals surface area contributed by atoms with Gasteiger partial charge in [-0.15, -0.1) is 0 Å². The van der Waals surface area contributed by atoms with Crippen LogP contribution in [0.4, 0.5) is 5.69 Å². The minimum atomic E-state index is -0.339. The van der Waals surface area contributed by atoms with E-state index in [1.54, 1.807) is 19.2 Å². The van der Waals surface area contributed by atoms with Gasteiger partial charge in [0.15, 0.2) is 5.76 Å². The van der Waals surface area contributed by atoms with Crippen LogP contribution in [-0.4, -0.2) is 13.0 Å². The van der Waals surface area contributed by atoms with E-state index >= 15 is 0 Å². The number of benzene rings is 2. The Hall–Kier alpha value is -2.48. The number of carbonyl (C=O) groups excluding carboxylic acids is 1. The molecule has 1 heterocycles. The number of hydrogen-bond donors (Lipinski definition) is 1. The molecule has 1 aromatic heterocycles. The van der Waals surface area contributed by atoms with Crippen molar-refractivity contribution in [3.63, 3.8) is 0 Å². The highest BCUT2D eigenvalue weighted by Gasteiger charge is 2.14. The number of furan rings is 1. The highest BCUT2D eigenvalue weighted by atomic mass is 127. The van der Waals surface area contributed by atoms with Crippen LogP contribution in [0.3, 0.4) is 0 Å². The predicted molar refractivity (Wildman–Crippen MR) is 108 cm³/mol. The summed E-state index contributed by atoms with van der Waals surface area (Å²) in [6, 6.07) is 16.7. The Morgan fingerprint density at radius 1 is 1.12 bits per heavy atom. The van der Waals surface area contributed by atoms with Crippen molar-refractivity contribution < 1.29 is 18.7 Å². The van der Waals surface area contributed by atoms with Gasteiger partial charge in [-0.25, -0.2) is 0 Å². The third kappa shape index (κ3) is 4.57. The van der Waals surface area contributed by atoms with Gasteiger partial charge in [-0.3, -0.25) is 4.79 Å². The molecule has 26 heavy (non-hydrogen) atoms. The summed E-state index contributed by atoms with van der Waals surface area (Å²) in [6.45, 7) is 2.20. The lowest BCUT2D eigenvalue weighted by atomic mass is 10.2. The number of hydrogen-bond acceptors (Lipinski definition) is 4. The van der Waals surface area contributed by atoms with Crippen molar-refractivity contribution in [2.45, 2.75) is 13.5 Å². The van der Waals surface area contributed by atoms with Gasteiger partial charge in [-0.1, -0.05) is 6.07 Å². The van der Waals surface area contributed by atoms with Crippen LogP contribution in [0.25, 0.3) is 0 Å². The van der Waals surface area contributed by atoms with Crippen LogP contribution >= 0.6 is 22.6 Å². The maximum absolute atomic E-state index is 12.4. The average Bonchev–Trinajstić information content (AvgIpc) is 3.11. The van der Waals surface area contributed by atoms with Gasteiger partial charge in [0.2, 0.25) is 0 Å². The molecule has 0 aliphatic rings. The summed E-state index contributed by atoms with van der Waals surface area (Å²) in [4.78, 5) is 12.4. The Morgan fingerprint density at radius 3 is 2.62 bits per heavy atom. The third-order valence-corrected chi connectivity index (χ3v) is 4.40. The molecule has 0 aliphatic heterocycles. The van der Waals surface area contributed by atoms with Crippen LogP contribution in [0.2, 0.25) is 0 Å². The number of nitrogens with one attached hydrogen (secondary N) is 1. The fourth-order valence-electron chi connectivity index (χ4n) is 2.37. The average molecular weight is 463 g/mol. The van der Waals surface area contributed by atoms with Crippen molar-refractivity contribution in [1.82, 2.24) is 0 Å². The molecule has 0 fully saturated rings. The Morgan fingerprint density at radius 2 is 1.88 bits per heavy atom. The fourth-order valence-corrected chi connectivity index (χ4v) is 2.73. The van der Waals surface area contributed by atoms with E-state index in [-0.39, 0.29) is 18.3 Å². The molecule has 6 heteroatoms. The van der Waals surface area contributed by atoms with Crippen molar-refractivity contribution in [1.29, 1.82) is 0 Å². The van der Waals surface area contributed by atoms with Crippen LogP contribution < -0.4 is 14.8 Å². The van der Waals surface area contributed by atoms with Crippen LogP contribution in [0, 0.1) is 10.5 Å². The number of rotatable bonds is 6. The molecule has 1 N–H and O–H groups in total. The first-order valence-electron chi connectivity index (χ1n) is 7.98. The molecular weight excluding hydrogens is 445 g/mol. The minimum Gasteiger partial charge on any atom is -0.495 e. The molecule has 0 bridgehead atoms. The van der Waals surface area contributed by atoms with E-state index in [1.807, 2.05) is 49.4 Å². The highest BCUT2D eigenvalue weighted by Crippen LogP contribution is 2.26. The van der Waals surface area contributed by atoms with E-state index < -0.39 is 0 Å². The lowest BCUT2D eigenvalue weighted by Crippen LogP contribution is -2.12. The van der Waals surface area contributed by atoms with Crippen molar-refractivity contribution >= 4 is 34.2 Å².